The first-order valence-electron chi connectivity index (χ1n) is 15.8. The zero-order valence-corrected chi connectivity index (χ0v) is 26.9. The summed E-state index contributed by atoms with van der Waals surface area (Å²) in [6.07, 6.45) is -1.50. The molecule has 50 heavy (non-hydrogen) atoms. The summed E-state index contributed by atoms with van der Waals surface area (Å²) in [7, 11) is 0. The molecule has 4 N–H and O–H groups in total. The number of hydrogen-bond donors (Lipinski definition) is 4. The van der Waals surface area contributed by atoms with Crippen LogP contribution in [0.3, 0.4) is 0 Å². The number of rotatable bonds is 11. The van der Waals surface area contributed by atoms with Crippen molar-refractivity contribution >= 4 is 35.0 Å². The van der Waals surface area contributed by atoms with E-state index < -0.39 is 35.9 Å². The second kappa shape index (κ2) is 16.7. The molecule has 0 unspecified atom stereocenters. The van der Waals surface area contributed by atoms with E-state index >= 15 is 0 Å². The zero-order chi connectivity index (χ0) is 36.5. The van der Waals surface area contributed by atoms with Gasteiger partial charge in [0.2, 0.25) is 0 Å². The number of alkyl halides is 6. The van der Waals surface area contributed by atoms with Gasteiger partial charge in [-0.2, -0.15) is 26.3 Å². The molecule has 270 valence electrons. The minimum absolute atomic E-state index is 0.207. The number of nitrogens with zero attached hydrogens (tertiary/aromatic N) is 5. The average Bonchev–Trinajstić information content (AvgIpc) is 3.10. The van der Waals surface area contributed by atoms with Gasteiger partial charge < -0.3 is 20.6 Å². The largest absolute Gasteiger partial charge is 0.480 e. The number of aliphatic carboxylic acids is 1. The quantitative estimate of drug-likeness (QED) is 0.163. The molecule has 3 aromatic rings. The maximum absolute atomic E-state index is 11.9. The highest BCUT2D eigenvalue weighted by molar-refractivity contribution is 6.41. The van der Waals surface area contributed by atoms with Gasteiger partial charge in [-0.05, 0) is 55.4 Å². The fraction of sp³-hybridized carbons (Fsp3) is 0.469. The minimum atomic E-state index is -5.77. The van der Waals surface area contributed by atoms with Gasteiger partial charge in [-0.3, -0.25) is 24.7 Å². The summed E-state index contributed by atoms with van der Waals surface area (Å²) in [5.74, 6) is -4.61. The molecule has 18 heteroatoms. The van der Waals surface area contributed by atoms with E-state index in [9.17, 15) is 45.8 Å². The molecule has 1 fully saturated rings. The lowest BCUT2D eigenvalue weighted by molar-refractivity contribution is -0.193. The molecule has 1 saturated heterocycles. The molecule has 0 amide bonds. The van der Waals surface area contributed by atoms with Crippen LogP contribution in [-0.4, -0.2) is 87.2 Å². The molecular formula is C32H36F6N8O4. The van der Waals surface area contributed by atoms with Crippen molar-refractivity contribution in [1.82, 2.24) is 25.3 Å². The number of nitrogens with one attached hydrogen (secondary N) is 3. The van der Waals surface area contributed by atoms with Crippen LogP contribution in [0.15, 0.2) is 43.0 Å². The number of carboxylic acid groups (broad SMARTS) is 1. The fourth-order valence-electron chi connectivity index (χ4n) is 5.56. The molecular weight excluding hydrogens is 674 g/mol. The Morgan fingerprint density at radius 1 is 1.04 bits per heavy atom. The maximum Gasteiger partial charge on any atom is 0.458 e. The van der Waals surface area contributed by atoms with Gasteiger partial charge in [0.05, 0.1) is 0 Å². The number of ketones is 2. The van der Waals surface area contributed by atoms with E-state index in [0.29, 0.717) is 18.3 Å². The lowest BCUT2D eigenvalue weighted by Gasteiger charge is -2.34. The van der Waals surface area contributed by atoms with Crippen LogP contribution in [0.4, 0.5) is 43.8 Å². The highest BCUT2D eigenvalue weighted by atomic mass is 19.4. The first-order valence-corrected chi connectivity index (χ1v) is 15.8. The van der Waals surface area contributed by atoms with Gasteiger partial charge in [0.15, 0.2) is 0 Å². The Morgan fingerprint density at radius 2 is 1.74 bits per heavy atom. The van der Waals surface area contributed by atoms with Crippen LogP contribution in [-0.2, 0) is 33.8 Å². The van der Waals surface area contributed by atoms with Crippen molar-refractivity contribution in [2.24, 2.45) is 0 Å². The number of halogens is 6. The lowest BCUT2D eigenvalue weighted by Crippen LogP contribution is -2.42. The van der Waals surface area contributed by atoms with E-state index in [1.54, 1.807) is 18.7 Å². The molecule has 3 aromatic heterocycles. The van der Waals surface area contributed by atoms with Crippen LogP contribution in [0.1, 0.15) is 54.5 Å². The summed E-state index contributed by atoms with van der Waals surface area (Å²) in [6.45, 7) is 5.50. The number of carboxylic acids is 1. The van der Waals surface area contributed by atoms with E-state index in [0.717, 1.165) is 68.1 Å². The van der Waals surface area contributed by atoms with Crippen molar-refractivity contribution in [2.75, 3.05) is 41.7 Å². The average molecular weight is 711 g/mol. The minimum Gasteiger partial charge on any atom is -0.480 e. The Balaban J connectivity index is 0.000000402. The number of carbonyl (C=O) groups is 3. The number of anilines is 3. The first kappa shape index (κ1) is 37.9. The van der Waals surface area contributed by atoms with Crippen LogP contribution in [0.2, 0.25) is 0 Å². The molecule has 5 heterocycles. The number of aryl methyl sites for hydroxylation is 1. The van der Waals surface area contributed by atoms with Crippen LogP contribution < -0.4 is 20.9 Å². The highest BCUT2D eigenvalue weighted by Gasteiger charge is 2.54. The summed E-state index contributed by atoms with van der Waals surface area (Å²) in [5, 5.41) is 19.5. The van der Waals surface area contributed by atoms with Gasteiger partial charge >= 0.3 is 29.9 Å². The molecule has 0 radical (unpaired) electrons. The number of aromatic nitrogens is 4. The summed E-state index contributed by atoms with van der Waals surface area (Å²) in [4.78, 5) is 51.6. The third-order valence-corrected chi connectivity index (χ3v) is 8.17. The molecule has 12 nitrogen and oxygen atoms in total. The first-order chi connectivity index (χ1) is 23.7. The van der Waals surface area contributed by atoms with Crippen molar-refractivity contribution < 1.29 is 45.8 Å². The summed E-state index contributed by atoms with van der Waals surface area (Å²) >= 11 is 0. The molecule has 0 aliphatic carbocycles. The summed E-state index contributed by atoms with van der Waals surface area (Å²) in [6, 6.07) is 7.43. The van der Waals surface area contributed by atoms with Gasteiger partial charge in [0, 0.05) is 62.3 Å². The number of hydrogen-bond acceptors (Lipinski definition) is 11. The van der Waals surface area contributed by atoms with E-state index in [1.165, 1.54) is 17.7 Å². The van der Waals surface area contributed by atoms with E-state index in [1.807, 2.05) is 12.1 Å². The third kappa shape index (κ3) is 10.1. The van der Waals surface area contributed by atoms with Gasteiger partial charge in [-0.15, -0.1) is 0 Å². The molecule has 2 aliphatic heterocycles. The van der Waals surface area contributed by atoms with Crippen LogP contribution in [0.5, 0.6) is 0 Å². The van der Waals surface area contributed by atoms with E-state index in [-0.39, 0.29) is 6.54 Å². The second-order valence-corrected chi connectivity index (χ2v) is 11.6. The number of pyridine rings is 2. The number of carbonyl (C=O) groups excluding carboxylic acids is 2. The van der Waals surface area contributed by atoms with Crippen LogP contribution >= 0.6 is 0 Å². The number of piperidine rings is 1. The smallest absolute Gasteiger partial charge is 0.458 e. The summed E-state index contributed by atoms with van der Waals surface area (Å²) in [5.41, 5.74) is 4.45. The maximum atomic E-state index is 11.9. The zero-order valence-electron chi connectivity index (χ0n) is 26.9. The predicted molar refractivity (Wildman–Crippen MR) is 170 cm³/mol. The van der Waals surface area contributed by atoms with Gasteiger partial charge in [-0.25, -0.2) is 15.0 Å². The van der Waals surface area contributed by atoms with Crippen LogP contribution in [0, 0.1) is 0 Å². The number of fused-ring (bicyclic) bond motifs is 1. The fourth-order valence-corrected chi connectivity index (χ4v) is 5.56. The third-order valence-electron chi connectivity index (χ3n) is 8.17. The van der Waals surface area contributed by atoms with Crippen molar-refractivity contribution in [2.45, 2.75) is 69.9 Å². The monoisotopic (exact) mass is 710 g/mol. The lowest BCUT2D eigenvalue weighted by atomic mass is 9.92. The van der Waals surface area contributed by atoms with Crippen molar-refractivity contribution in [1.29, 1.82) is 0 Å². The van der Waals surface area contributed by atoms with Gasteiger partial charge in [-0.1, -0.05) is 19.1 Å². The highest BCUT2D eigenvalue weighted by Crippen LogP contribution is 2.33. The molecule has 1 atom stereocenters. The summed E-state index contributed by atoms with van der Waals surface area (Å²) < 4.78 is 67.0. The van der Waals surface area contributed by atoms with Crippen molar-refractivity contribution in [3.05, 3.63) is 65.4 Å². The Morgan fingerprint density at radius 3 is 2.34 bits per heavy atom. The van der Waals surface area contributed by atoms with Crippen molar-refractivity contribution in [3.8, 4) is 0 Å². The standard InChI is InChI=1S/C28H36N8O2.C4F6O2/c1-2-22-26(32-17-24(28(37)38)31-16-19-5-3-11-29-15-19)33-18-34-27(22)36-13-9-20(10-14-36)23-8-7-21-6-4-12-30-25(21)35-23;5-3(6,7)1(11)2(12)4(8,9)10/h3,5,7-8,11,15,18,20,24,31H,2,4,6,9-10,12-14,16-17H2,1H3,(H,30,35)(H,37,38)(H,32,33,34);/t24-;/m0./s1. The van der Waals surface area contributed by atoms with E-state index in [2.05, 4.69) is 54.9 Å². The Hall–Kier alpha value is -4.87. The number of Topliss-reactive ketones (excluding diaryl/α,β-unsaturated/α-hetero) is 2. The Bertz CT molecular complexity index is 1610. The topological polar surface area (TPSA) is 162 Å². The van der Waals surface area contributed by atoms with Crippen LogP contribution in [0.25, 0.3) is 0 Å². The normalized spacial score (nSPS) is 15.5. The van der Waals surface area contributed by atoms with E-state index in [4.69, 9.17) is 4.98 Å². The molecule has 2 aliphatic rings. The van der Waals surface area contributed by atoms with Gasteiger partial charge in [0.1, 0.15) is 29.8 Å². The molecule has 0 spiro atoms. The molecule has 5 rings (SSSR count). The van der Waals surface area contributed by atoms with Gasteiger partial charge in [0.25, 0.3) is 0 Å². The Kier molecular flexibility index (Phi) is 12.7. The molecule has 0 saturated carbocycles. The molecule has 0 aromatic carbocycles. The Labute approximate surface area is 283 Å². The van der Waals surface area contributed by atoms with Crippen molar-refractivity contribution in [3.63, 3.8) is 0 Å². The predicted octanol–water partition coefficient (Wildman–Crippen LogP) is 4.48. The SMILES string of the molecule is CCc1c(NC[C@H](NCc2cccnc2)C(=O)O)ncnc1N1CCC(c2ccc3c(n2)NCCC3)CC1.O=C(C(=O)C(F)(F)F)C(F)(F)F. The second-order valence-electron chi connectivity index (χ2n) is 11.6. The molecule has 0 bridgehead atoms.